The molecule has 5 nitrogen and oxygen atoms in total. The van der Waals surface area contributed by atoms with Crippen LogP contribution in [0.4, 0.5) is 0 Å². The molecule has 2 aromatic rings. The summed E-state index contributed by atoms with van der Waals surface area (Å²) in [5, 5.41) is 0. The molecule has 0 spiro atoms. The number of halogens is 2. The van der Waals surface area contributed by atoms with Crippen LogP contribution in [0.2, 0.25) is 0 Å². The van der Waals surface area contributed by atoms with E-state index in [1.165, 1.54) is 5.52 Å². The van der Waals surface area contributed by atoms with Crippen molar-refractivity contribution in [2.45, 2.75) is 31.2 Å². The number of nitrogens with two attached hydrogens (primary N) is 1. The molecule has 1 amide bonds. The summed E-state index contributed by atoms with van der Waals surface area (Å²) in [4.78, 5) is 19.2. The number of amides is 1. The van der Waals surface area contributed by atoms with Crippen molar-refractivity contribution < 1.29 is 4.79 Å². The summed E-state index contributed by atoms with van der Waals surface area (Å²) >= 11 is 1.73. The van der Waals surface area contributed by atoms with Gasteiger partial charge in [-0.3, -0.25) is 4.79 Å². The zero-order chi connectivity index (χ0) is 17.1. The van der Waals surface area contributed by atoms with E-state index in [1.54, 1.807) is 11.8 Å². The van der Waals surface area contributed by atoms with Crippen LogP contribution >= 0.6 is 36.6 Å². The second-order valence-electron chi connectivity index (χ2n) is 6.51. The van der Waals surface area contributed by atoms with Crippen LogP contribution in [0, 0.1) is 0 Å². The predicted molar refractivity (Wildman–Crippen MR) is 115 cm³/mol. The number of carbonyl (C=O) groups is 1. The van der Waals surface area contributed by atoms with Crippen LogP contribution in [-0.4, -0.2) is 51.5 Å². The molecule has 1 aromatic heterocycles. The minimum Gasteiger partial charge on any atom is -0.341 e. The van der Waals surface area contributed by atoms with E-state index in [-0.39, 0.29) is 36.8 Å². The van der Waals surface area contributed by atoms with E-state index in [9.17, 15) is 4.79 Å². The third-order valence-corrected chi connectivity index (χ3v) is 5.59. The number of aromatic nitrogens is 2. The molecule has 0 saturated carbocycles. The molecule has 2 heterocycles. The van der Waals surface area contributed by atoms with E-state index in [4.69, 9.17) is 10.7 Å². The number of hydrogen-bond donors (Lipinski definition) is 1. The standard InChI is InChI=1S/C18H26N4OS.2ClH/c1-21-16-6-4-3-5-15(16)20-17(21)13-7-10-22(11-8-13)18(23)14(19)9-12-24-2;;/h3-6,13-14H,7-12,19H2,1-2H3;2*1H/t14-;;/m0../s1. The lowest BCUT2D eigenvalue weighted by Crippen LogP contribution is -2.47. The lowest BCUT2D eigenvalue weighted by Gasteiger charge is -2.33. The molecule has 0 aliphatic carbocycles. The summed E-state index contributed by atoms with van der Waals surface area (Å²) < 4.78 is 2.20. The fraction of sp³-hybridized carbons (Fsp3) is 0.556. The molecule has 8 heteroatoms. The van der Waals surface area contributed by atoms with Gasteiger partial charge in [-0.15, -0.1) is 24.8 Å². The molecule has 146 valence electrons. The Morgan fingerprint density at radius 1 is 1.31 bits per heavy atom. The summed E-state index contributed by atoms with van der Waals surface area (Å²) in [5.74, 6) is 2.58. The van der Waals surface area contributed by atoms with Gasteiger partial charge in [-0.05, 0) is 43.4 Å². The number of imidazole rings is 1. The quantitative estimate of drug-likeness (QED) is 0.809. The summed E-state index contributed by atoms with van der Waals surface area (Å²) in [6, 6.07) is 7.88. The van der Waals surface area contributed by atoms with Crippen LogP contribution in [0.3, 0.4) is 0 Å². The summed E-state index contributed by atoms with van der Waals surface area (Å²) in [7, 11) is 2.08. The van der Waals surface area contributed by atoms with Gasteiger partial charge in [0.25, 0.3) is 0 Å². The molecule has 1 aliphatic rings. The summed E-state index contributed by atoms with van der Waals surface area (Å²) in [5.41, 5.74) is 8.25. The van der Waals surface area contributed by atoms with Crippen LogP contribution in [-0.2, 0) is 11.8 Å². The average Bonchev–Trinajstić information content (AvgIpc) is 2.96. The summed E-state index contributed by atoms with van der Waals surface area (Å²) in [6.45, 7) is 1.55. The minimum atomic E-state index is -0.357. The Kier molecular flexibility index (Phi) is 9.24. The van der Waals surface area contributed by atoms with Crippen LogP contribution in [0.5, 0.6) is 0 Å². The van der Waals surface area contributed by atoms with Gasteiger partial charge in [0.15, 0.2) is 0 Å². The smallest absolute Gasteiger partial charge is 0.239 e. The largest absolute Gasteiger partial charge is 0.341 e. The Balaban J connectivity index is 0.00000169. The molecular weight excluding hydrogens is 391 g/mol. The van der Waals surface area contributed by atoms with Gasteiger partial charge in [0.05, 0.1) is 17.1 Å². The Labute approximate surface area is 171 Å². The number of rotatable bonds is 5. The lowest BCUT2D eigenvalue weighted by molar-refractivity contribution is -0.133. The molecule has 1 fully saturated rings. The molecule has 1 atom stereocenters. The van der Waals surface area contributed by atoms with Crippen molar-refractivity contribution in [3.05, 3.63) is 30.1 Å². The Hall–Kier alpha value is -0.950. The second-order valence-corrected chi connectivity index (χ2v) is 7.49. The van der Waals surface area contributed by atoms with Gasteiger partial charge >= 0.3 is 0 Å². The molecule has 1 saturated heterocycles. The zero-order valence-electron chi connectivity index (χ0n) is 15.3. The van der Waals surface area contributed by atoms with E-state index in [0.717, 1.165) is 49.4 Å². The Bertz CT molecular complexity index is 716. The highest BCUT2D eigenvalue weighted by molar-refractivity contribution is 7.98. The van der Waals surface area contributed by atoms with Crippen molar-refractivity contribution in [3.8, 4) is 0 Å². The number of fused-ring (bicyclic) bond motifs is 1. The van der Waals surface area contributed by atoms with Gasteiger partial charge < -0.3 is 15.2 Å². The maximum Gasteiger partial charge on any atom is 0.239 e. The van der Waals surface area contributed by atoms with Crippen LogP contribution < -0.4 is 5.73 Å². The van der Waals surface area contributed by atoms with Gasteiger partial charge in [0, 0.05) is 26.1 Å². The van der Waals surface area contributed by atoms with E-state index < -0.39 is 0 Å². The minimum absolute atomic E-state index is 0. The van der Waals surface area contributed by atoms with E-state index >= 15 is 0 Å². The van der Waals surface area contributed by atoms with Gasteiger partial charge in [-0.2, -0.15) is 11.8 Å². The maximum absolute atomic E-state index is 12.4. The molecule has 1 aromatic carbocycles. The molecular formula is C18H28Cl2N4OS. The van der Waals surface area contributed by atoms with E-state index in [1.807, 2.05) is 23.3 Å². The first-order valence-corrected chi connectivity index (χ1v) is 9.96. The second kappa shape index (κ2) is 10.4. The number of hydrogen-bond acceptors (Lipinski definition) is 4. The fourth-order valence-electron chi connectivity index (χ4n) is 3.49. The van der Waals surface area contributed by atoms with Crippen molar-refractivity contribution in [1.82, 2.24) is 14.5 Å². The normalized spacial score (nSPS) is 16.0. The molecule has 0 unspecified atom stereocenters. The van der Waals surface area contributed by atoms with Gasteiger partial charge in [-0.1, -0.05) is 12.1 Å². The molecule has 3 rings (SSSR count). The number of aryl methyl sites for hydroxylation is 1. The highest BCUT2D eigenvalue weighted by Gasteiger charge is 2.28. The molecule has 0 bridgehead atoms. The number of para-hydroxylation sites is 2. The van der Waals surface area contributed by atoms with Crippen molar-refractivity contribution >= 4 is 53.5 Å². The average molecular weight is 419 g/mol. The third-order valence-electron chi connectivity index (χ3n) is 4.94. The van der Waals surface area contributed by atoms with E-state index in [2.05, 4.69) is 23.7 Å². The highest BCUT2D eigenvalue weighted by atomic mass is 35.5. The van der Waals surface area contributed by atoms with Crippen LogP contribution in [0.25, 0.3) is 11.0 Å². The third kappa shape index (κ3) is 4.85. The predicted octanol–water partition coefficient (Wildman–Crippen LogP) is 3.20. The molecule has 2 N–H and O–H groups in total. The highest BCUT2D eigenvalue weighted by Crippen LogP contribution is 2.29. The Morgan fingerprint density at radius 2 is 1.96 bits per heavy atom. The number of carbonyl (C=O) groups excluding carboxylic acids is 1. The number of likely N-dealkylation sites (tertiary alicyclic amines) is 1. The van der Waals surface area contributed by atoms with Gasteiger partial charge in [-0.25, -0.2) is 4.98 Å². The SMILES string of the molecule is CSCC[C@H](N)C(=O)N1CCC(c2nc3ccccc3n2C)CC1.Cl.Cl. The van der Waals surface area contributed by atoms with Crippen LogP contribution in [0.1, 0.15) is 31.0 Å². The van der Waals surface area contributed by atoms with Crippen molar-refractivity contribution in [2.75, 3.05) is 25.1 Å². The number of piperidine rings is 1. The zero-order valence-corrected chi connectivity index (χ0v) is 17.7. The monoisotopic (exact) mass is 418 g/mol. The number of benzene rings is 1. The van der Waals surface area contributed by atoms with Gasteiger partial charge in [0.2, 0.25) is 5.91 Å². The fourth-order valence-corrected chi connectivity index (χ4v) is 3.98. The molecule has 0 radical (unpaired) electrons. The van der Waals surface area contributed by atoms with Crippen LogP contribution in [0.15, 0.2) is 24.3 Å². The summed E-state index contributed by atoms with van der Waals surface area (Å²) in [6.07, 6.45) is 4.71. The van der Waals surface area contributed by atoms with Crippen molar-refractivity contribution in [3.63, 3.8) is 0 Å². The first-order chi connectivity index (χ1) is 11.6. The number of thioether (sulfide) groups is 1. The van der Waals surface area contributed by atoms with Crippen molar-refractivity contribution in [2.24, 2.45) is 12.8 Å². The maximum atomic E-state index is 12.4. The first-order valence-electron chi connectivity index (χ1n) is 8.56. The number of nitrogens with zero attached hydrogens (tertiary/aromatic N) is 3. The lowest BCUT2D eigenvalue weighted by atomic mass is 9.95. The topological polar surface area (TPSA) is 64.2 Å². The van der Waals surface area contributed by atoms with Crippen molar-refractivity contribution in [1.29, 1.82) is 0 Å². The van der Waals surface area contributed by atoms with Gasteiger partial charge in [0.1, 0.15) is 5.82 Å². The van der Waals surface area contributed by atoms with E-state index in [0.29, 0.717) is 5.92 Å². The molecule has 26 heavy (non-hydrogen) atoms. The molecule has 1 aliphatic heterocycles. The Morgan fingerprint density at radius 3 is 2.58 bits per heavy atom. The first kappa shape index (κ1) is 23.1.